The van der Waals surface area contributed by atoms with Crippen molar-refractivity contribution in [2.75, 3.05) is 13.2 Å². The Morgan fingerprint density at radius 3 is 2.58 bits per heavy atom. The maximum Gasteiger partial charge on any atom is 0.135 e. The molecule has 1 saturated heterocycles. The second-order valence-electron chi connectivity index (χ2n) is 3.56. The summed E-state index contributed by atoms with van der Waals surface area (Å²) in [5.74, 6) is 1.23. The van der Waals surface area contributed by atoms with Crippen molar-refractivity contribution in [2.24, 2.45) is 11.8 Å². The molecule has 0 unspecified atom stereocenters. The largest absolute Gasteiger partial charge is 0.381 e. The van der Waals surface area contributed by atoms with Gasteiger partial charge in [0, 0.05) is 25.6 Å². The van der Waals surface area contributed by atoms with E-state index in [1.165, 1.54) is 0 Å². The maximum absolute atomic E-state index is 11.4. The fourth-order valence-corrected chi connectivity index (χ4v) is 1.80. The minimum absolute atomic E-state index is 0.249. The quantitative estimate of drug-likeness (QED) is 0.647. The van der Waals surface area contributed by atoms with E-state index in [9.17, 15) is 4.79 Å². The number of rotatable bonds is 3. The van der Waals surface area contributed by atoms with Gasteiger partial charge in [-0.2, -0.15) is 0 Å². The van der Waals surface area contributed by atoms with Crippen molar-refractivity contribution >= 4 is 5.78 Å². The summed E-state index contributed by atoms with van der Waals surface area (Å²) in [5.41, 5.74) is 0. The summed E-state index contributed by atoms with van der Waals surface area (Å²) < 4.78 is 5.25. The lowest BCUT2D eigenvalue weighted by atomic mass is 9.84. The molecule has 0 radical (unpaired) electrons. The molecule has 1 fully saturated rings. The van der Waals surface area contributed by atoms with Gasteiger partial charge in [-0.1, -0.05) is 13.8 Å². The fraction of sp³-hybridized carbons (Fsp3) is 0.900. The number of ether oxygens (including phenoxy) is 1. The van der Waals surface area contributed by atoms with Crippen LogP contribution in [0, 0.1) is 11.8 Å². The van der Waals surface area contributed by atoms with Crippen LogP contribution in [0.1, 0.15) is 33.1 Å². The third-order valence-corrected chi connectivity index (χ3v) is 2.83. The fourth-order valence-electron chi connectivity index (χ4n) is 1.80. The molecule has 0 N–H and O–H groups in total. The number of ketones is 1. The monoisotopic (exact) mass is 170 g/mol. The van der Waals surface area contributed by atoms with Crippen LogP contribution in [0.5, 0.6) is 0 Å². The molecule has 1 aliphatic rings. The van der Waals surface area contributed by atoms with Crippen LogP contribution in [0.15, 0.2) is 0 Å². The highest BCUT2D eigenvalue weighted by Crippen LogP contribution is 2.24. The summed E-state index contributed by atoms with van der Waals surface area (Å²) in [6.07, 6.45) is 2.80. The molecule has 12 heavy (non-hydrogen) atoms. The van der Waals surface area contributed by atoms with Crippen LogP contribution >= 0.6 is 0 Å². The molecule has 0 aromatic rings. The predicted molar refractivity (Wildman–Crippen MR) is 48.0 cm³/mol. The molecule has 0 aromatic heterocycles. The van der Waals surface area contributed by atoms with Crippen LogP contribution in [0.3, 0.4) is 0 Å². The average Bonchev–Trinajstić information content (AvgIpc) is 2.17. The smallest absolute Gasteiger partial charge is 0.135 e. The highest BCUT2D eigenvalue weighted by Gasteiger charge is 2.24. The number of Topliss-reactive ketones (excluding diaryl/α,β-unsaturated/α-hetero) is 1. The van der Waals surface area contributed by atoms with Crippen LogP contribution in [0.2, 0.25) is 0 Å². The highest BCUT2D eigenvalue weighted by atomic mass is 16.5. The predicted octanol–water partition coefficient (Wildman–Crippen LogP) is 2.03. The van der Waals surface area contributed by atoms with E-state index in [1.807, 2.05) is 6.92 Å². The molecule has 0 spiro atoms. The van der Waals surface area contributed by atoms with Gasteiger partial charge in [0.25, 0.3) is 0 Å². The molecule has 0 aliphatic carbocycles. The lowest BCUT2D eigenvalue weighted by Crippen LogP contribution is -2.26. The first-order valence-electron chi connectivity index (χ1n) is 4.86. The van der Waals surface area contributed by atoms with E-state index in [4.69, 9.17) is 4.74 Å². The van der Waals surface area contributed by atoms with Gasteiger partial charge in [-0.15, -0.1) is 0 Å². The summed E-state index contributed by atoms with van der Waals surface area (Å²) >= 11 is 0. The van der Waals surface area contributed by atoms with E-state index in [2.05, 4.69) is 6.92 Å². The lowest BCUT2D eigenvalue weighted by molar-refractivity contribution is -0.124. The van der Waals surface area contributed by atoms with E-state index in [-0.39, 0.29) is 5.92 Å². The van der Waals surface area contributed by atoms with Gasteiger partial charge in [0.2, 0.25) is 0 Å². The molecule has 1 rings (SSSR count). The molecular weight excluding hydrogens is 152 g/mol. The molecule has 0 aromatic carbocycles. The van der Waals surface area contributed by atoms with E-state index in [1.54, 1.807) is 0 Å². The van der Waals surface area contributed by atoms with Crippen LogP contribution < -0.4 is 0 Å². The van der Waals surface area contributed by atoms with Gasteiger partial charge in [0.1, 0.15) is 5.78 Å². The van der Waals surface area contributed by atoms with Gasteiger partial charge in [0.15, 0.2) is 0 Å². The minimum Gasteiger partial charge on any atom is -0.381 e. The third kappa shape index (κ3) is 2.31. The molecule has 2 heteroatoms. The Hall–Kier alpha value is -0.370. The second kappa shape index (κ2) is 4.61. The topological polar surface area (TPSA) is 26.3 Å². The van der Waals surface area contributed by atoms with Gasteiger partial charge in [0.05, 0.1) is 0 Å². The van der Waals surface area contributed by atoms with E-state index in [0.717, 1.165) is 26.1 Å². The number of hydrogen-bond acceptors (Lipinski definition) is 2. The summed E-state index contributed by atoms with van der Waals surface area (Å²) in [6.45, 7) is 5.68. The third-order valence-electron chi connectivity index (χ3n) is 2.83. The van der Waals surface area contributed by atoms with E-state index >= 15 is 0 Å². The first-order chi connectivity index (χ1) is 5.75. The van der Waals surface area contributed by atoms with Gasteiger partial charge < -0.3 is 4.74 Å². The van der Waals surface area contributed by atoms with E-state index < -0.39 is 0 Å². The first-order valence-corrected chi connectivity index (χ1v) is 4.86. The summed E-state index contributed by atoms with van der Waals surface area (Å²) in [7, 11) is 0. The molecular formula is C10H18O2. The molecule has 1 aliphatic heterocycles. The Labute approximate surface area is 74.3 Å². The van der Waals surface area contributed by atoms with Gasteiger partial charge in [-0.05, 0) is 18.8 Å². The Bertz CT molecular complexity index is 148. The van der Waals surface area contributed by atoms with Crippen molar-refractivity contribution in [1.82, 2.24) is 0 Å². The van der Waals surface area contributed by atoms with Crippen LogP contribution in [0.4, 0.5) is 0 Å². The van der Waals surface area contributed by atoms with E-state index in [0.29, 0.717) is 18.1 Å². The zero-order valence-corrected chi connectivity index (χ0v) is 8.01. The van der Waals surface area contributed by atoms with Gasteiger partial charge >= 0.3 is 0 Å². The number of hydrogen-bond donors (Lipinski definition) is 0. The number of carbonyl (C=O) groups excluding carboxylic acids is 1. The average molecular weight is 170 g/mol. The molecule has 0 amide bonds. The van der Waals surface area contributed by atoms with Crippen molar-refractivity contribution in [2.45, 2.75) is 33.1 Å². The summed E-state index contributed by atoms with van der Waals surface area (Å²) in [5, 5.41) is 0. The zero-order valence-electron chi connectivity index (χ0n) is 8.01. The Morgan fingerprint density at radius 2 is 2.08 bits per heavy atom. The normalized spacial score (nSPS) is 22.2. The minimum atomic E-state index is 0.249. The highest BCUT2D eigenvalue weighted by molar-refractivity contribution is 5.80. The number of carbonyl (C=O) groups is 1. The maximum atomic E-state index is 11.4. The molecule has 2 nitrogen and oxygen atoms in total. The van der Waals surface area contributed by atoms with Gasteiger partial charge in [-0.25, -0.2) is 0 Å². The lowest BCUT2D eigenvalue weighted by Gasteiger charge is -2.26. The van der Waals surface area contributed by atoms with Crippen molar-refractivity contribution in [3.63, 3.8) is 0 Å². The molecule has 70 valence electrons. The Kier molecular flexibility index (Phi) is 3.73. The molecule has 1 atom stereocenters. The first kappa shape index (κ1) is 9.72. The summed E-state index contributed by atoms with van der Waals surface area (Å²) in [4.78, 5) is 11.4. The van der Waals surface area contributed by atoms with Crippen molar-refractivity contribution in [1.29, 1.82) is 0 Å². The Balaban J connectivity index is 2.39. The van der Waals surface area contributed by atoms with Crippen molar-refractivity contribution < 1.29 is 9.53 Å². The van der Waals surface area contributed by atoms with Crippen LogP contribution in [-0.4, -0.2) is 19.0 Å². The SMILES string of the molecule is CCC(=O)[C@@H](C)C1CCOCC1. The van der Waals surface area contributed by atoms with Crippen LogP contribution in [-0.2, 0) is 9.53 Å². The molecule has 0 saturated carbocycles. The van der Waals surface area contributed by atoms with Gasteiger partial charge in [-0.3, -0.25) is 4.79 Å². The molecule has 1 heterocycles. The van der Waals surface area contributed by atoms with Crippen molar-refractivity contribution in [3.05, 3.63) is 0 Å². The summed E-state index contributed by atoms with van der Waals surface area (Å²) in [6, 6.07) is 0. The zero-order chi connectivity index (χ0) is 8.97. The second-order valence-corrected chi connectivity index (χ2v) is 3.56. The molecule has 0 bridgehead atoms. The van der Waals surface area contributed by atoms with Crippen molar-refractivity contribution in [3.8, 4) is 0 Å². The standard InChI is InChI=1S/C10H18O2/c1-3-10(11)8(2)9-4-6-12-7-5-9/h8-9H,3-7H2,1-2H3/t8-/m0/s1. The van der Waals surface area contributed by atoms with Crippen LogP contribution in [0.25, 0.3) is 0 Å². The Morgan fingerprint density at radius 1 is 1.50 bits per heavy atom.